The SMILES string of the molecule is CCNC(=O)N(Cc1cc(NC(=O)CC)ccc1N(C)C)C(C)C(C)C. The van der Waals surface area contributed by atoms with E-state index in [4.69, 9.17) is 0 Å². The zero-order valence-corrected chi connectivity index (χ0v) is 17.2. The summed E-state index contributed by atoms with van der Waals surface area (Å²) in [5.41, 5.74) is 2.79. The van der Waals surface area contributed by atoms with Gasteiger partial charge in [0.2, 0.25) is 5.91 Å². The third-order valence-corrected chi connectivity index (χ3v) is 4.55. The second kappa shape index (κ2) is 10.0. The highest BCUT2D eigenvalue weighted by molar-refractivity contribution is 5.90. The molecule has 0 spiro atoms. The number of hydrogen-bond donors (Lipinski definition) is 2. The fraction of sp³-hybridized carbons (Fsp3) is 0.600. The Morgan fingerprint density at radius 1 is 1.12 bits per heavy atom. The Balaban J connectivity index is 3.23. The molecule has 0 saturated heterocycles. The molecule has 0 aliphatic rings. The van der Waals surface area contributed by atoms with Gasteiger partial charge in [-0.25, -0.2) is 4.79 Å². The summed E-state index contributed by atoms with van der Waals surface area (Å²) in [7, 11) is 3.96. The van der Waals surface area contributed by atoms with Crippen molar-refractivity contribution in [2.24, 2.45) is 5.92 Å². The van der Waals surface area contributed by atoms with Crippen LogP contribution >= 0.6 is 0 Å². The number of benzene rings is 1. The molecule has 0 aromatic heterocycles. The largest absolute Gasteiger partial charge is 0.377 e. The number of carbonyl (C=O) groups is 2. The van der Waals surface area contributed by atoms with Gasteiger partial charge in [0, 0.05) is 51.0 Å². The van der Waals surface area contributed by atoms with Crippen LogP contribution in [0.3, 0.4) is 0 Å². The molecule has 0 bridgehead atoms. The fourth-order valence-corrected chi connectivity index (χ4v) is 2.67. The van der Waals surface area contributed by atoms with Crippen LogP contribution in [0.4, 0.5) is 16.2 Å². The highest BCUT2D eigenvalue weighted by Gasteiger charge is 2.24. The van der Waals surface area contributed by atoms with Gasteiger partial charge in [0.1, 0.15) is 0 Å². The molecular weight excluding hydrogens is 328 g/mol. The molecule has 1 atom stereocenters. The Hall–Kier alpha value is -2.24. The van der Waals surface area contributed by atoms with E-state index in [0.717, 1.165) is 16.9 Å². The van der Waals surface area contributed by atoms with Crippen molar-refractivity contribution < 1.29 is 9.59 Å². The van der Waals surface area contributed by atoms with Gasteiger partial charge in [-0.3, -0.25) is 4.79 Å². The molecule has 3 amide bonds. The van der Waals surface area contributed by atoms with Crippen LogP contribution in [0.5, 0.6) is 0 Å². The number of urea groups is 1. The Morgan fingerprint density at radius 3 is 2.27 bits per heavy atom. The van der Waals surface area contributed by atoms with Crippen molar-refractivity contribution in [3.63, 3.8) is 0 Å². The monoisotopic (exact) mass is 362 g/mol. The maximum absolute atomic E-state index is 12.6. The third kappa shape index (κ3) is 5.93. The van der Waals surface area contributed by atoms with Crippen molar-refractivity contribution in [3.8, 4) is 0 Å². The molecular formula is C20H34N4O2. The highest BCUT2D eigenvalue weighted by atomic mass is 16.2. The van der Waals surface area contributed by atoms with Gasteiger partial charge in [-0.15, -0.1) is 0 Å². The van der Waals surface area contributed by atoms with Crippen LogP contribution < -0.4 is 15.5 Å². The zero-order valence-electron chi connectivity index (χ0n) is 17.2. The second-order valence-electron chi connectivity index (χ2n) is 7.09. The highest BCUT2D eigenvalue weighted by Crippen LogP contribution is 2.26. The van der Waals surface area contributed by atoms with Gasteiger partial charge in [-0.2, -0.15) is 0 Å². The minimum atomic E-state index is -0.0681. The van der Waals surface area contributed by atoms with Crippen molar-refractivity contribution in [2.75, 3.05) is 30.9 Å². The van der Waals surface area contributed by atoms with Gasteiger partial charge in [-0.05, 0) is 43.5 Å². The summed E-state index contributed by atoms with van der Waals surface area (Å²) in [6, 6.07) is 5.86. The van der Waals surface area contributed by atoms with Crippen molar-refractivity contribution >= 4 is 23.3 Å². The van der Waals surface area contributed by atoms with Crippen molar-refractivity contribution in [1.29, 1.82) is 0 Å². The van der Waals surface area contributed by atoms with Crippen LogP contribution in [0.2, 0.25) is 0 Å². The lowest BCUT2D eigenvalue weighted by Gasteiger charge is -2.33. The molecule has 1 unspecified atom stereocenters. The summed E-state index contributed by atoms with van der Waals surface area (Å²) in [5.74, 6) is 0.313. The molecule has 26 heavy (non-hydrogen) atoms. The molecule has 1 rings (SSSR count). The van der Waals surface area contributed by atoms with E-state index in [1.165, 1.54) is 0 Å². The van der Waals surface area contributed by atoms with Crippen LogP contribution in [0.15, 0.2) is 18.2 Å². The van der Waals surface area contributed by atoms with Crippen LogP contribution in [-0.2, 0) is 11.3 Å². The number of carbonyl (C=O) groups excluding carboxylic acids is 2. The number of anilines is 2. The first-order valence-corrected chi connectivity index (χ1v) is 9.35. The zero-order chi connectivity index (χ0) is 19.9. The van der Waals surface area contributed by atoms with E-state index in [9.17, 15) is 9.59 Å². The predicted molar refractivity (Wildman–Crippen MR) is 109 cm³/mol. The van der Waals surface area contributed by atoms with Crippen LogP contribution in [0, 0.1) is 5.92 Å². The van der Waals surface area contributed by atoms with Crippen LogP contribution in [-0.4, -0.2) is 43.5 Å². The molecule has 1 aromatic carbocycles. The van der Waals surface area contributed by atoms with Gasteiger partial charge < -0.3 is 20.4 Å². The minimum absolute atomic E-state index is 0.0234. The molecule has 146 valence electrons. The number of nitrogens with one attached hydrogen (secondary N) is 2. The van der Waals surface area contributed by atoms with Crippen molar-refractivity contribution in [1.82, 2.24) is 10.2 Å². The molecule has 6 heteroatoms. The minimum Gasteiger partial charge on any atom is -0.377 e. The Bertz CT molecular complexity index is 614. The topological polar surface area (TPSA) is 64.7 Å². The van der Waals surface area contributed by atoms with Crippen molar-refractivity contribution in [3.05, 3.63) is 23.8 Å². The predicted octanol–water partition coefficient (Wildman–Crippen LogP) is 3.68. The summed E-state index contributed by atoms with van der Waals surface area (Å²) in [5, 5.41) is 5.81. The molecule has 0 aliphatic carbocycles. The average molecular weight is 363 g/mol. The van der Waals surface area contributed by atoms with Gasteiger partial charge in [-0.1, -0.05) is 20.8 Å². The maximum atomic E-state index is 12.6. The molecule has 0 fully saturated rings. The average Bonchev–Trinajstić information content (AvgIpc) is 2.58. The summed E-state index contributed by atoms with van der Waals surface area (Å²) >= 11 is 0. The van der Waals surface area contributed by atoms with Gasteiger partial charge in [0.05, 0.1) is 0 Å². The number of hydrogen-bond acceptors (Lipinski definition) is 3. The van der Waals surface area contributed by atoms with Gasteiger partial charge in [0.25, 0.3) is 0 Å². The fourth-order valence-electron chi connectivity index (χ4n) is 2.67. The molecule has 1 aromatic rings. The first-order chi connectivity index (χ1) is 12.2. The first-order valence-electron chi connectivity index (χ1n) is 9.35. The summed E-state index contributed by atoms with van der Waals surface area (Å²) in [4.78, 5) is 28.2. The summed E-state index contributed by atoms with van der Waals surface area (Å²) < 4.78 is 0. The van der Waals surface area contributed by atoms with Gasteiger partial charge >= 0.3 is 6.03 Å². The Morgan fingerprint density at radius 2 is 1.77 bits per heavy atom. The van der Waals surface area contributed by atoms with Gasteiger partial charge in [0.15, 0.2) is 0 Å². The first kappa shape index (κ1) is 21.8. The number of rotatable bonds is 8. The summed E-state index contributed by atoms with van der Waals surface area (Å²) in [6.07, 6.45) is 0.431. The van der Waals surface area contributed by atoms with E-state index in [2.05, 4.69) is 31.4 Å². The third-order valence-electron chi connectivity index (χ3n) is 4.55. The molecule has 0 aliphatic heterocycles. The van der Waals surface area contributed by atoms with E-state index >= 15 is 0 Å². The van der Waals surface area contributed by atoms with E-state index < -0.39 is 0 Å². The normalized spacial score (nSPS) is 11.8. The molecule has 0 saturated carbocycles. The molecule has 2 N–H and O–H groups in total. The molecule has 6 nitrogen and oxygen atoms in total. The number of nitrogens with zero attached hydrogens (tertiary/aromatic N) is 2. The lowest BCUT2D eigenvalue weighted by molar-refractivity contribution is -0.115. The number of amides is 3. The van der Waals surface area contributed by atoms with Crippen LogP contribution in [0.25, 0.3) is 0 Å². The second-order valence-corrected chi connectivity index (χ2v) is 7.09. The van der Waals surface area contributed by atoms with E-state index in [1.807, 2.05) is 55.9 Å². The van der Waals surface area contributed by atoms with Crippen molar-refractivity contribution in [2.45, 2.75) is 53.6 Å². The van der Waals surface area contributed by atoms with Crippen LogP contribution in [0.1, 0.15) is 46.6 Å². The Labute approximate surface area is 157 Å². The summed E-state index contributed by atoms with van der Waals surface area (Å²) in [6.45, 7) is 11.1. The standard InChI is InChI=1S/C20H34N4O2/c1-8-19(25)22-17-10-11-18(23(6)7)16(12-17)13-24(15(5)14(3)4)20(26)21-9-2/h10-12,14-15H,8-9,13H2,1-7H3,(H,21,26)(H,22,25). The molecule has 0 radical (unpaired) electrons. The van der Waals surface area contributed by atoms with E-state index in [1.54, 1.807) is 0 Å². The lowest BCUT2D eigenvalue weighted by atomic mass is 10.0. The quantitative estimate of drug-likeness (QED) is 0.741. The smallest absolute Gasteiger partial charge is 0.317 e. The lowest BCUT2D eigenvalue weighted by Crippen LogP contribution is -2.46. The van der Waals surface area contributed by atoms with E-state index in [0.29, 0.717) is 25.4 Å². The molecule has 0 heterocycles. The Kier molecular flexibility index (Phi) is 8.42. The maximum Gasteiger partial charge on any atom is 0.317 e. The van der Waals surface area contributed by atoms with E-state index in [-0.39, 0.29) is 18.0 Å².